The molecule has 0 saturated carbocycles. The number of aryl methyl sites for hydroxylation is 1. The van der Waals surface area contributed by atoms with Crippen molar-refractivity contribution in [1.82, 2.24) is 15.6 Å². The summed E-state index contributed by atoms with van der Waals surface area (Å²) in [6.45, 7) is 3.89. The van der Waals surface area contributed by atoms with Gasteiger partial charge < -0.3 is 20.3 Å². The van der Waals surface area contributed by atoms with Gasteiger partial charge >= 0.3 is 0 Å². The van der Waals surface area contributed by atoms with E-state index >= 15 is 0 Å². The highest BCUT2D eigenvalue weighted by Crippen LogP contribution is 2.43. The number of H-pyrrole nitrogens is 1. The number of anilines is 1. The van der Waals surface area contributed by atoms with Crippen molar-refractivity contribution in [3.63, 3.8) is 0 Å². The van der Waals surface area contributed by atoms with Crippen LogP contribution in [0.3, 0.4) is 0 Å². The van der Waals surface area contributed by atoms with Gasteiger partial charge in [-0.3, -0.25) is 19.4 Å². The van der Waals surface area contributed by atoms with Gasteiger partial charge in [0, 0.05) is 85.6 Å². The van der Waals surface area contributed by atoms with Crippen molar-refractivity contribution in [3.05, 3.63) is 173 Å². The SMILES string of the molecule is CCOCCNC(=O)c1ccc2c(c1)N=C(c1cccc[nH+]1)c1cc(N3CCCCC(NC(=O)c4ccc5c(c4)CC/C=C(\c4ccccn4)c4ccccc4S5)C3=O)ccc1S2. The molecule has 5 heterocycles. The lowest BCUT2D eigenvalue weighted by Crippen LogP contribution is -2.47. The third-order valence-corrected chi connectivity index (χ3v) is 13.7. The van der Waals surface area contributed by atoms with E-state index in [1.165, 1.54) is 0 Å². The molecule has 10 nitrogen and oxygen atoms in total. The first-order chi connectivity index (χ1) is 30.9. The van der Waals surface area contributed by atoms with E-state index in [9.17, 15) is 14.4 Å². The molecular weight excluding hydrogens is 825 g/mol. The van der Waals surface area contributed by atoms with Crippen LogP contribution in [-0.2, 0) is 16.0 Å². The van der Waals surface area contributed by atoms with Gasteiger partial charge in [-0.25, -0.2) is 9.98 Å². The highest BCUT2D eigenvalue weighted by atomic mass is 32.2. The molecule has 9 rings (SSSR count). The number of hydrogen-bond acceptors (Lipinski definition) is 8. The normalized spacial score (nSPS) is 16.7. The number of aromatic amines is 1. The Morgan fingerprint density at radius 3 is 2.46 bits per heavy atom. The molecule has 0 spiro atoms. The van der Waals surface area contributed by atoms with Crippen LogP contribution in [0.1, 0.15) is 81.4 Å². The molecule has 1 unspecified atom stereocenters. The lowest BCUT2D eigenvalue weighted by Gasteiger charge is -2.26. The molecule has 0 radical (unpaired) electrons. The molecular formula is C51H47N6O4S2+. The van der Waals surface area contributed by atoms with Crippen LogP contribution in [0.2, 0.25) is 0 Å². The molecule has 3 N–H and O–H groups in total. The van der Waals surface area contributed by atoms with E-state index in [-0.39, 0.29) is 17.7 Å². The van der Waals surface area contributed by atoms with Crippen LogP contribution in [0.5, 0.6) is 0 Å². The number of carbonyl (C=O) groups excluding carboxylic acids is 3. The Kier molecular flexibility index (Phi) is 12.9. The number of ether oxygens (including phenoxy) is 1. The van der Waals surface area contributed by atoms with Gasteiger partial charge in [-0.2, -0.15) is 0 Å². The molecule has 4 aromatic carbocycles. The Morgan fingerprint density at radius 1 is 0.825 bits per heavy atom. The minimum atomic E-state index is -0.693. The largest absolute Gasteiger partial charge is 0.380 e. The maximum atomic E-state index is 14.5. The predicted molar refractivity (Wildman–Crippen MR) is 248 cm³/mol. The van der Waals surface area contributed by atoms with Crippen LogP contribution in [0.15, 0.2) is 158 Å². The van der Waals surface area contributed by atoms with E-state index in [1.807, 2.05) is 115 Å². The van der Waals surface area contributed by atoms with Gasteiger partial charge in [0.25, 0.3) is 11.8 Å². The van der Waals surface area contributed by atoms with E-state index in [4.69, 9.17) is 9.73 Å². The number of pyridine rings is 2. The van der Waals surface area contributed by atoms with Gasteiger partial charge in [-0.15, -0.1) is 0 Å². The topological polar surface area (TPSA) is 127 Å². The van der Waals surface area contributed by atoms with E-state index in [2.05, 4.69) is 50.9 Å². The van der Waals surface area contributed by atoms with Crippen molar-refractivity contribution in [2.75, 3.05) is 31.2 Å². The molecule has 1 atom stereocenters. The molecule has 6 aromatic rings. The second kappa shape index (κ2) is 19.4. The molecule has 63 heavy (non-hydrogen) atoms. The zero-order chi connectivity index (χ0) is 43.1. The maximum absolute atomic E-state index is 14.5. The number of hydrogen-bond donors (Lipinski definition) is 2. The molecule has 12 heteroatoms. The number of amides is 3. The lowest BCUT2D eigenvalue weighted by atomic mass is 9.99. The molecule has 2 aromatic heterocycles. The third-order valence-electron chi connectivity index (χ3n) is 11.3. The number of rotatable bonds is 10. The van der Waals surface area contributed by atoms with Crippen molar-refractivity contribution in [1.29, 1.82) is 0 Å². The van der Waals surface area contributed by atoms with Crippen LogP contribution < -0.4 is 20.5 Å². The van der Waals surface area contributed by atoms with Crippen LogP contribution in [0.4, 0.5) is 11.4 Å². The van der Waals surface area contributed by atoms with Crippen molar-refractivity contribution < 1.29 is 24.1 Å². The summed E-state index contributed by atoms with van der Waals surface area (Å²) in [6.07, 6.45) is 9.60. The zero-order valence-corrected chi connectivity index (χ0v) is 36.6. The highest BCUT2D eigenvalue weighted by molar-refractivity contribution is 7.99. The second-order valence-electron chi connectivity index (χ2n) is 15.5. The summed E-state index contributed by atoms with van der Waals surface area (Å²) in [5.74, 6) is -0.598. The second-order valence-corrected chi connectivity index (χ2v) is 17.6. The van der Waals surface area contributed by atoms with Gasteiger partial charge in [-0.05, 0) is 129 Å². The molecule has 0 aliphatic carbocycles. The molecule has 3 aliphatic rings. The van der Waals surface area contributed by atoms with Gasteiger partial charge in [0.05, 0.1) is 18.0 Å². The molecule has 1 fully saturated rings. The van der Waals surface area contributed by atoms with Gasteiger partial charge in [-0.1, -0.05) is 53.9 Å². The summed E-state index contributed by atoms with van der Waals surface area (Å²) in [6, 6.07) is 37.0. The smallest absolute Gasteiger partial charge is 0.251 e. The number of benzene rings is 4. The number of aromatic nitrogens is 2. The van der Waals surface area contributed by atoms with Crippen molar-refractivity contribution in [2.24, 2.45) is 4.99 Å². The van der Waals surface area contributed by atoms with E-state index in [0.29, 0.717) is 55.3 Å². The van der Waals surface area contributed by atoms with Crippen LogP contribution in [0, 0.1) is 0 Å². The number of allylic oxidation sites excluding steroid dienone is 1. The third kappa shape index (κ3) is 9.39. The Bertz CT molecular complexity index is 2740. The standard InChI is InChI=1S/C51H46N6O4S2/c1-2-61-29-27-54-49(58)35-20-23-47-43(31-35)55-48(41-16-6-9-26-53-41)39-32-36(21-24-46(39)63-47)57-28-10-7-17-42(51(57)60)56-50(59)34-19-22-44-33(30-34)12-11-14-37(40-15-5-8-25-52-40)38-13-3-4-18-45(38)62-44/h3-6,8-9,13-16,18-26,30-32,42H,2,7,10-12,17,27-29H2,1H3,(H,54,58)(H,56,59)/p+1/b37-14-. The Labute approximate surface area is 375 Å². The number of nitrogens with zero attached hydrogens (tertiary/aromatic N) is 3. The number of aliphatic imine (C=N–C) groups is 1. The Morgan fingerprint density at radius 2 is 1.62 bits per heavy atom. The lowest BCUT2D eigenvalue weighted by molar-refractivity contribution is -0.380. The minimum Gasteiger partial charge on any atom is -0.380 e. The highest BCUT2D eigenvalue weighted by Gasteiger charge is 2.32. The van der Waals surface area contributed by atoms with Crippen LogP contribution in [0.25, 0.3) is 5.57 Å². The summed E-state index contributed by atoms with van der Waals surface area (Å²) in [5, 5.41) is 6.07. The van der Waals surface area contributed by atoms with Crippen molar-refractivity contribution in [3.8, 4) is 0 Å². The summed E-state index contributed by atoms with van der Waals surface area (Å²) in [7, 11) is 0. The molecule has 0 bridgehead atoms. The Balaban J connectivity index is 0.964. The fraction of sp³-hybridized carbons (Fsp3) is 0.216. The quantitative estimate of drug-likeness (QED) is 0.131. The molecule has 316 valence electrons. The van der Waals surface area contributed by atoms with E-state index < -0.39 is 6.04 Å². The van der Waals surface area contributed by atoms with E-state index in [0.717, 1.165) is 84.6 Å². The van der Waals surface area contributed by atoms with E-state index in [1.54, 1.807) is 23.5 Å². The van der Waals surface area contributed by atoms with Gasteiger partial charge in [0.15, 0.2) is 6.20 Å². The van der Waals surface area contributed by atoms with Gasteiger partial charge in [0.2, 0.25) is 11.6 Å². The molecule has 1 saturated heterocycles. The fourth-order valence-corrected chi connectivity index (χ4v) is 10.2. The molecule has 3 aliphatic heterocycles. The maximum Gasteiger partial charge on any atom is 0.251 e. The fourth-order valence-electron chi connectivity index (χ4n) is 8.15. The molecule has 3 amide bonds. The van der Waals surface area contributed by atoms with Crippen LogP contribution >= 0.6 is 23.5 Å². The van der Waals surface area contributed by atoms with Crippen molar-refractivity contribution in [2.45, 2.75) is 64.7 Å². The van der Waals surface area contributed by atoms with Crippen molar-refractivity contribution >= 4 is 63.9 Å². The zero-order valence-electron chi connectivity index (χ0n) is 34.9. The first kappa shape index (κ1) is 42.0. The Hall–Kier alpha value is -6.34. The first-order valence-electron chi connectivity index (χ1n) is 21.5. The van der Waals surface area contributed by atoms with Gasteiger partial charge in [0.1, 0.15) is 11.8 Å². The predicted octanol–water partition coefficient (Wildman–Crippen LogP) is 9.14. The average molecular weight is 872 g/mol. The van der Waals surface area contributed by atoms with Crippen LogP contribution in [-0.4, -0.2) is 60.8 Å². The monoisotopic (exact) mass is 871 g/mol. The summed E-state index contributed by atoms with van der Waals surface area (Å²) < 4.78 is 5.39. The summed E-state index contributed by atoms with van der Waals surface area (Å²) in [4.78, 5) is 60.8. The summed E-state index contributed by atoms with van der Waals surface area (Å²) in [5.41, 5.74) is 9.06. The average Bonchev–Trinajstić information content (AvgIpc) is 3.56. The minimum absolute atomic E-state index is 0.141. The first-order valence-corrected chi connectivity index (χ1v) is 23.1. The summed E-state index contributed by atoms with van der Waals surface area (Å²) >= 11 is 3.28. The number of carbonyl (C=O) groups is 3. The number of fused-ring (bicyclic) bond motifs is 4. The number of nitrogens with one attached hydrogen (secondary N) is 3.